The molecule has 1 aromatic rings. The van der Waals surface area contributed by atoms with Gasteiger partial charge in [-0.25, -0.2) is 0 Å². The lowest BCUT2D eigenvalue weighted by atomic mass is 9.67. The smallest absolute Gasteiger partial charge is 0.162 e. The van der Waals surface area contributed by atoms with E-state index < -0.39 is 5.60 Å². The molecule has 21 heavy (non-hydrogen) atoms. The first-order valence-corrected chi connectivity index (χ1v) is 8.03. The first kappa shape index (κ1) is 16.3. The Labute approximate surface area is 128 Å². The van der Waals surface area contributed by atoms with Crippen LogP contribution in [0.1, 0.15) is 72.0 Å². The fourth-order valence-corrected chi connectivity index (χ4v) is 3.53. The molecule has 0 aliphatic heterocycles. The average molecular weight is 294 g/mol. The van der Waals surface area contributed by atoms with Crippen molar-refractivity contribution in [1.82, 2.24) is 9.78 Å². The van der Waals surface area contributed by atoms with Gasteiger partial charge in [-0.2, -0.15) is 5.10 Å². The predicted molar refractivity (Wildman–Crippen MR) is 84.5 cm³/mol. The van der Waals surface area contributed by atoms with Crippen molar-refractivity contribution in [3.63, 3.8) is 0 Å². The normalized spacial score (nSPS) is 27.1. The highest BCUT2D eigenvalue weighted by atomic mass is 16.5. The molecule has 0 radical (unpaired) electrons. The summed E-state index contributed by atoms with van der Waals surface area (Å²) in [5.41, 5.74) is 0.352. The molecule has 1 saturated carbocycles. The van der Waals surface area contributed by atoms with Gasteiger partial charge in [-0.05, 0) is 50.9 Å². The lowest BCUT2D eigenvalue weighted by Crippen LogP contribution is -2.37. The molecule has 1 fully saturated rings. The molecule has 4 heteroatoms. The molecule has 0 spiro atoms. The van der Waals surface area contributed by atoms with Crippen LogP contribution in [-0.2, 0) is 5.60 Å². The molecule has 2 rings (SSSR count). The lowest BCUT2D eigenvalue weighted by molar-refractivity contribution is -0.0385. The van der Waals surface area contributed by atoms with Crippen molar-refractivity contribution in [2.75, 3.05) is 7.11 Å². The minimum absolute atomic E-state index is 0.216. The quantitative estimate of drug-likeness (QED) is 0.919. The van der Waals surface area contributed by atoms with E-state index in [0.29, 0.717) is 17.1 Å². The summed E-state index contributed by atoms with van der Waals surface area (Å²) >= 11 is 0. The van der Waals surface area contributed by atoms with Gasteiger partial charge in [-0.1, -0.05) is 20.8 Å². The number of methoxy groups -OCH3 is 1. The first-order valence-electron chi connectivity index (χ1n) is 8.03. The molecular formula is C17H30N2O2. The van der Waals surface area contributed by atoms with Crippen molar-refractivity contribution in [2.24, 2.45) is 11.3 Å². The monoisotopic (exact) mass is 294 g/mol. The van der Waals surface area contributed by atoms with Gasteiger partial charge in [0.2, 0.25) is 0 Å². The number of rotatable bonds is 3. The second-order valence-corrected chi connectivity index (χ2v) is 7.77. The van der Waals surface area contributed by atoms with Gasteiger partial charge >= 0.3 is 0 Å². The van der Waals surface area contributed by atoms with E-state index in [4.69, 9.17) is 4.74 Å². The van der Waals surface area contributed by atoms with Crippen molar-refractivity contribution < 1.29 is 9.84 Å². The van der Waals surface area contributed by atoms with Crippen LogP contribution in [0.5, 0.6) is 5.75 Å². The number of hydrogen-bond acceptors (Lipinski definition) is 3. The van der Waals surface area contributed by atoms with E-state index in [1.807, 2.05) is 4.68 Å². The van der Waals surface area contributed by atoms with E-state index in [-0.39, 0.29) is 6.04 Å². The summed E-state index contributed by atoms with van der Waals surface area (Å²) in [6.07, 6.45) is 5.38. The zero-order valence-electron chi connectivity index (χ0n) is 14.3. The van der Waals surface area contributed by atoms with Crippen LogP contribution < -0.4 is 4.74 Å². The van der Waals surface area contributed by atoms with E-state index in [1.54, 1.807) is 13.3 Å². The van der Waals surface area contributed by atoms with Crippen LogP contribution in [0.15, 0.2) is 6.20 Å². The minimum atomic E-state index is -0.812. The number of ether oxygens (including phenoxy) is 1. The van der Waals surface area contributed by atoms with Crippen molar-refractivity contribution >= 4 is 0 Å². The molecule has 0 amide bonds. The summed E-state index contributed by atoms with van der Waals surface area (Å²) in [5, 5.41) is 15.6. The van der Waals surface area contributed by atoms with Gasteiger partial charge in [0.25, 0.3) is 0 Å². The Morgan fingerprint density at radius 3 is 2.33 bits per heavy atom. The molecule has 1 aliphatic rings. The summed E-state index contributed by atoms with van der Waals surface area (Å²) in [6.45, 7) is 11.0. The van der Waals surface area contributed by atoms with E-state index in [1.165, 1.54) is 0 Å². The lowest BCUT2D eigenvalue weighted by Gasteiger charge is -2.41. The highest BCUT2D eigenvalue weighted by Crippen LogP contribution is 2.47. The second-order valence-electron chi connectivity index (χ2n) is 7.77. The zero-order valence-corrected chi connectivity index (χ0v) is 14.3. The molecule has 0 saturated heterocycles. The van der Waals surface area contributed by atoms with Gasteiger partial charge in [0, 0.05) is 6.04 Å². The fraction of sp³-hybridized carbons (Fsp3) is 0.824. The van der Waals surface area contributed by atoms with Gasteiger partial charge < -0.3 is 9.84 Å². The third-order valence-corrected chi connectivity index (χ3v) is 4.95. The van der Waals surface area contributed by atoms with Crippen molar-refractivity contribution in [2.45, 2.75) is 71.9 Å². The van der Waals surface area contributed by atoms with E-state index >= 15 is 0 Å². The number of nitrogens with zero attached hydrogens (tertiary/aromatic N) is 2. The van der Waals surface area contributed by atoms with Crippen LogP contribution in [0.4, 0.5) is 0 Å². The van der Waals surface area contributed by atoms with Gasteiger partial charge in [0.1, 0.15) is 11.3 Å². The molecule has 1 N–H and O–H groups in total. The van der Waals surface area contributed by atoms with E-state index in [2.05, 4.69) is 39.7 Å². The van der Waals surface area contributed by atoms with Crippen LogP contribution in [0.2, 0.25) is 0 Å². The highest BCUT2D eigenvalue weighted by Gasteiger charge is 2.42. The maximum absolute atomic E-state index is 11.2. The van der Waals surface area contributed by atoms with Crippen molar-refractivity contribution in [3.8, 4) is 5.75 Å². The minimum Gasteiger partial charge on any atom is -0.493 e. The fourth-order valence-electron chi connectivity index (χ4n) is 3.53. The molecule has 1 aromatic heterocycles. The molecule has 0 bridgehead atoms. The Morgan fingerprint density at radius 1 is 1.33 bits per heavy atom. The molecule has 0 aromatic carbocycles. The summed E-state index contributed by atoms with van der Waals surface area (Å²) in [5.74, 6) is 1.37. The third kappa shape index (κ3) is 3.10. The molecule has 1 aliphatic carbocycles. The first-order chi connectivity index (χ1) is 9.69. The van der Waals surface area contributed by atoms with Gasteiger partial charge in [0.05, 0.1) is 13.3 Å². The van der Waals surface area contributed by atoms with Crippen LogP contribution in [-0.4, -0.2) is 22.0 Å². The Hall–Kier alpha value is -1.03. The van der Waals surface area contributed by atoms with Gasteiger partial charge in [0.15, 0.2) is 5.75 Å². The number of aliphatic hydroxyl groups is 1. The van der Waals surface area contributed by atoms with E-state index in [9.17, 15) is 5.11 Å². The molecular weight excluding hydrogens is 264 g/mol. The number of hydrogen-bond donors (Lipinski definition) is 1. The van der Waals surface area contributed by atoms with Gasteiger partial charge in [-0.3, -0.25) is 4.68 Å². The van der Waals surface area contributed by atoms with Crippen LogP contribution in [0, 0.1) is 11.3 Å². The van der Waals surface area contributed by atoms with E-state index in [0.717, 1.165) is 31.4 Å². The Kier molecular flexibility index (Phi) is 4.39. The zero-order chi connectivity index (χ0) is 15.8. The van der Waals surface area contributed by atoms with Crippen LogP contribution in [0.25, 0.3) is 0 Å². The predicted octanol–water partition coefficient (Wildman–Crippen LogP) is 3.90. The third-order valence-electron chi connectivity index (χ3n) is 4.95. The van der Waals surface area contributed by atoms with Crippen molar-refractivity contribution in [1.29, 1.82) is 0 Å². The van der Waals surface area contributed by atoms with Crippen molar-refractivity contribution in [3.05, 3.63) is 11.9 Å². The molecule has 120 valence electrons. The molecule has 0 atom stereocenters. The SMILES string of the molecule is COc1cnn(C(C)C)c1C1(O)CCC(C(C)(C)C)CC1. The molecule has 4 nitrogen and oxygen atoms in total. The number of aromatic nitrogens is 2. The van der Waals surface area contributed by atoms with Crippen LogP contribution >= 0.6 is 0 Å². The molecule has 1 heterocycles. The summed E-state index contributed by atoms with van der Waals surface area (Å²) in [6, 6.07) is 0.216. The summed E-state index contributed by atoms with van der Waals surface area (Å²) in [4.78, 5) is 0. The standard InChI is InChI=1S/C17H30N2O2/c1-12(2)19-15(14(21-6)11-18-19)17(20)9-7-13(8-10-17)16(3,4)5/h11-13,20H,7-10H2,1-6H3. The van der Waals surface area contributed by atoms with Crippen LogP contribution in [0.3, 0.4) is 0 Å². The maximum Gasteiger partial charge on any atom is 0.162 e. The Morgan fingerprint density at radius 2 is 1.90 bits per heavy atom. The Balaban J connectivity index is 2.28. The summed E-state index contributed by atoms with van der Waals surface area (Å²) < 4.78 is 7.36. The topological polar surface area (TPSA) is 47.3 Å². The maximum atomic E-state index is 11.2. The highest BCUT2D eigenvalue weighted by molar-refractivity contribution is 5.31. The Bertz CT molecular complexity index is 477. The summed E-state index contributed by atoms with van der Waals surface area (Å²) in [7, 11) is 1.65. The van der Waals surface area contributed by atoms with Gasteiger partial charge in [-0.15, -0.1) is 0 Å². The largest absolute Gasteiger partial charge is 0.493 e. The average Bonchev–Trinajstić information content (AvgIpc) is 2.82. The second kappa shape index (κ2) is 5.64. The molecule has 0 unspecified atom stereocenters.